The van der Waals surface area contributed by atoms with Crippen LogP contribution in [0, 0.1) is 5.82 Å². The van der Waals surface area contributed by atoms with E-state index >= 15 is 0 Å². The predicted octanol–water partition coefficient (Wildman–Crippen LogP) is 4.10. The average molecular weight is 348 g/mol. The Labute approximate surface area is 133 Å². The first-order valence-electron chi connectivity index (χ1n) is 5.94. The molecule has 0 saturated carbocycles. The van der Waals surface area contributed by atoms with Crippen molar-refractivity contribution < 1.29 is 12.8 Å². The number of benzene rings is 2. The maximum Gasteiger partial charge on any atom is 0.232 e. The van der Waals surface area contributed by atoms with Crippen LogP contribution in [0.25, 0.3) is 0 Å². The van der Waals surface area contributed by atoms with E-state index in [-0.39, 0.29) is 12.2 Å². The maximum atomic E-state index is 13.3. The number of hydrogen-bond donors (Lipinski definition) is 0. The molecule has 0 fully saturated rings. The van der Waals surface area contributed by atoms with Gasteiger partial charge in [0.15, 0.2) is 0 Å². The van der Waals surface area contributed by atoms with Crippen LogP contribution in [0.1, 0.15) is 5.56 Å². The van der Waals surface area contributed by atoms with Gasteiger partial charge in [-0.25, -0.2) is 12.8 Å². The summed E-state index contributed by atoms with van der Waals surface area (Å²) in [5.41, 5.74) is 0.819. The minimum absolute atomic E-state index is 0.00170. The molecule has 2 aromatic carbocycles. The smallest absolute Gasteiger partial charge is 0.232 e. The molecular weight excluding hydrogens is 336 g/mol. The van der Waals surface area contributed by atoms with Crippen LogP contribution in [0.4, 0.5) is 10.1 Å². The molecule has 0 aliphatic rings. The SMILES string of the molecule is CS(=O)(=O)N(Cc1ccc(Cl)cc1Cl)c1cccc(F)c1. The number of nitrogens with zero attached hydrogens (tertiary/aromatic N) is 1. The van der Waals surface area contributed by atoms with Gasteiger partial charge in [0.2, 0.25) is 10.0 Å². The van der Waals surface area contributed by atoms with Crippen LogP contribution in [0.5, 0.6) is 0 Å². The Kier molecular flexibility index (Phi) is 4.76. The molecule has 0 bridgehead atoms. The Bertz CT molecular complexity index is 765. The van der Waals surface area contributed by atoms with Crippen molar-refractivity contribution in [3.63, 3.8) is 0 Å². The lowest BCUT2D eigenvalue weighted by Crippen LogP contribution is -2.29. The molecular formula is C14H12Cl2FNO2S. The molecule has 0 saturated heterocycles. The van der Waals surface area contributed by atoms with Crippen molar-refractivity contribution in [2.45, 2.75) is 6.54 Å². The van der Waals surface area contributed by atoms with Crippen LogP contribution in [-0.2, 0) is 16.6 Å². The van der Waals surface area contributed by atoms with Gasteiger partial charge in [0, 0.05) is 10.0 Å². The van der Waals surface area contributed by atoms with Crippen molar-refractivity contribution in [3.8, 4) is 0 Å². The second-order valence-electron chi connectivity index (χ2n) is 4.49. The maximum absolute atomic E-state index is 13.3. The highest BCUT2D eigenvalue weighted by molar-refractivity contribution is 7.92. The largest absolute Gasteiger partial charge is 0.266 e. The Hall–Kier alpha value is -1.30. The third kappa shape index (κ3) is 4.09. The number of hydrogen-bond acceptors (Lipinski definition) is 2. The van der Waals surface area contributed by atoms with Crippen LogP contribution in [0.15, 0.2) is 42.5 Å². The highest BCUT2D eigenvalue weighted by Gasteiger charge is 2.19. The number of sulfonamides is 1. The molecule has 0 amide bonds. The predicted molar refractivity (Wildman–Crippen MR) is 83.9 cm³/mol. The monoisotopic (exact) mass is 347 g/mol. The fraction of sp³-hybridized carbons (Fsp3) is 0.143. The molecule has 0 N–H and O–H groups in total. The van der Waals surface area contributed by atoms with Crippen LogP contribution < -0.4 is 4.31 Å². The zero-order valence-corrected chi connectivity index (χ0v) is 13.4. The van der Waals surface area contributed by atoms with E-state index in [4.69, 9.17) is 23.2 Å². The normalized spacial score (nSPS) is 11.4. The van der Waals surface area contributed by atoms with Crippen LogP contribution in [0.3, 0.4) is 0 Å². The second-order valence-corrected chi connectivity index (χ2v) is 7.24. The van der Waals surface area contributed by atoms with Gasteiger partial charge in [-0.1, -0.05) is 35.3 Å². The molecule has 0 heterocycles. The lowest BCUT2D eigenvalue weighted by Gasteiger charge is -2.23. The third-order valence-electron chi connectivity index (χ3n) is 2.83. The number of rotatable bonds is 4. The summed E-state index contributed by atoms with van der Waals surface area (Å²) in [7, 11) is -3.58. The molecule has 0 unspecified atom stereocenters. The fourth-order valence-corrected chi connectivity index (χ4v) is 3.17. The molecule has 112 valence electrons. The topological polar surface area (TPSA) is 37.4 Å². The van der Waals surface area contributed by atoms with Gasteiger partial charge in [-0.2, -0.15) is 0 Å². The van der Waals surface area contributed by atoms with E-state index in [1.165, 1.54) is 24.3 Å². The van der Waals surface area contributed by atoms with Crippen molar-refractivity contribution in [1.29, 1.82) is 0 Å². The molecule has 0 radical (unpaired) electrons. The molecule has 0 aromatic heterocycles. The summed E-state index contributed by atoms with van der Waals surface area (Å²) in [5.74, 6) is -0.511. The Morgan fingerprint density at radius 3 is 2.43 bits per heavy atom. The quantitative estimate of drug-likeness (QED) is 0.834. The van der Waals surface area contributed by atoms with E-state index in [2.05, 4.69) is 0 Å². The van der Waals surface area contributed by atoms with Crippen LogP contribution in [0.2, 0.25) is 10.0 Å². The van der Waals surface area contributed by atoms with Gasteiger partial charge in [0.05, 0.1) is 18.5 Å². The van der Waals surface area contributed by atoms with Crippen molar-refractivity contribution in [1.82, 2.24) is 0 Å². The summed E-state index contributed by atoms with van der Waals surface area (Å²) in [6.45, 7) is -0.00170. The Morgan fingerprint density at radius 1 is 1.14 bits per heavy atom. The van der Waals surface area contributed by atoms with E-state index in [1.807, 2.05) is 0 Å². The van der Waals surface area contributed by atoms with E-state index in [1.54, 1.807) is 12.1 Å². The lowest BCUT2D eigenvalue weighted by molar-refractivity contribution is 0.595. The average Bonchev–Trinajstić information content (AvgIpc) is 2.36. The van der Waals surface area contributed by atoms with Gasteiger partial charge in [0.25, 0.3) is 0 Å². The highest BCUT2D eigenvalue weighted by Crippen LogP contribution is 2.26. The zero-order valence-electron chi connectivity index (χ0n) is 11.1. The summed E-state index contributed by atoms with van der Waals surface area (Å²) < 4.78 is 38.3. The van der Waals surface area contributed by atoms with Gasteiger partial charge in [0.1, 0.15) is 5.82 Å². The fourth-order valence-electron chi connectivity index (χ4n) is 1.84. The Balaban J connectivity index is 2.43. The third-order valence-corrected chi connectivity index (χ3v) is 4.55. The number of anilines is 1. The minimum Gasteiger partial charge on any atom is -0.266 e. The van der Waals surface area contributed by atoms with Gasteiger partial charge < -0.3 is 0 Å². The van der Waals surface area contributed by atoms with Gasteiger partial charge in [-0.05, 0) is 35.9 Å². The molecule has 3 nitrogen and oxygen atoms in total. The first-order chi connectivity index (χ1) is 9.77. The lowest BCUT2D eigenvalue weighted by atomic mass is 10.2. The molecule has 2 aromatic rings. The van der Waals surface area contributed by atoms with Crippen molar-refractivity contribution >= 4 is 38.9 Å². The van der Waals surface area contributed by atoms with Crippen molar-refractivity contribution in [2.75, 3.05) is 10.6 Å². The first-order valence-corrected chi connectivity index (χ1v) is 8.55. The minimum atomic E-state index is -3.58. The molecule has 0 spiro atoms. The summed E-state index contributed by atoms with van der Waals surface area (Å²) in [5, 5.41) is 0.813. The standard InChI is InChI=1S/C14H12Cl2FNO2S/c1-21(19,20)18(13-4-2-3-12(17)8-13)9-10-5-6-11(15)7-14(10)16/h2-8H,9H2,1H3. The molecule has 21 heavy (non-hydrogen) atoms. The summed E-state index contributed by atoms with van der Waals surface area (Å²) >= 11 is 11.9. The van der Waals surface area contributed by atoms with Gasteiger partial charge in [-0.3, -0.25) is 4.31 Å². The molecule has 0 atom stereocenters. The van der Waals surface area contributed by atoms with E-state index in [9.17, 15) is 12.8 Å². The van der Waals surface area contributed by atoms with Gasteiger partial charge >= 0.3 is 0 Å². The molecule has 7 heteroatoms. The van der Waals surface area contributed by atoms with Crippen molar-refractivity contribution in [2.24, 2.45) is 0 Å². The highest BCUT2D eigenvalue weighted by atomic mass is 35.5. The summed E-state index contributed by atoms with van der Waals surface area (Å²) in [6, 6.07) is 10.2. The van der Waals surface area contributed by atoms with Crippen LogP contribution >= 0.6 is 23.2 Å². The molecule has 0 aliphatic heterocycles. The van der Waals surface area contributed by atoms with E-state index < -0.39 is 15.8 Å². The van der Waals surface area contributed by atoms with Gasteiger partial charge in [-0.15, -0.1) is 0 Å². The second kappa shape index (κ2) is 6.22. The first kappa shape index (κ1) is 16.1. The number of halogens is 3. The zero-order chi connectivity index (χ0) is 15.6. The van der Waals surface area contributed by atoms with Crippen molar-refractivity contribution in [3.05, 3.63) is 63.9 Å². The van der Waals surface area contributed by atoms with Crippen LogP contribution in [-0.4, -0.2) is 14.7 Å². The molecule has 2 rings (SSSR count). The van der Waals surface area contributed by atoms with E-state index in [0.29, 0.717) is 15.6 Å². The molecule has 0 aliphatic carbocycles. The summed E-state index contributed by atoms with van der Waals surface area (Å²) in [6.07, 6.45) is 1.06. The summed E-state index contributed by atoms with van der Waals surface area (Å²) in [4.78, 5) is 0. The van der Waals surface area contributed by atoms with E-state index in [0.717, 1.165) is 16.6 Å². The Morgan fingerprint density at radius 2 is 1.86 bits per heavy atom.